The lowest BCUT2D eigenvalue weighted by atomic mass is 9.79. The third-order valence-electron chi connectivity index (χ3n) is 5.00. The molecule has 0 radical (unpaired) electrons. The van der Waals surface area contributed by atoms with E-state index >= 15 is 0 Å². The Hall–Kier alpha value is -1.38. The second kappa shape index (κ2) is 4.56. The van der Waals surface area contributed by atoms with E-state index in [0.29, 0.717) is 0 Å². The van der Waals surface area contributed by atoms with Crippen molar-refractivity contribution < 1.29 is 13.7 Å². The van der Waals surface area contributed by atoms with Crippen LogP contribution in [-0.4, -0.2) is 18.3 Å². The summed E-state index contributed by atoms with van der Waals surface area (Å²) in [5, 5.41) is 8.92. The van der Waals surface area contributed by atoms with Gasteiger partial charge in [-0.05, 0) is 57.7 Å². The third-order valence-corrected chi connectivity index (χ3v) is 5.00. The Labute approximate surface area is 125 Å². The minimum absolute atomic E-state index is 0.104. The van der Waals surface area contributed by atoms with Crippen LogP contribution >= 0.6 is 0 Å². The summed E-state index contributed by atoms with van der Waals surface area (Å²) in [6.07, 6.45) is 0.952. The summed E-state index contributed by atoms with van der Waals surface area (Å²) in [6.45, 7) is 8.15. The predicted molar refractivity (Wildman–Crippen MR) is 78.3 cm³/mol. The van der Waals surface area contributed by atoms with Crippen LogP contribution in [0.15, 0.2) is 18.2 Å². The fourth-order valence-corrected chi connectivity index (χ4v) is 2.82. The van der Waals surface area contributed by atoms with Gasteiger partial charge in [0.05, 0.1) is 16.8 Å². The number of nitrogens with zero attached hydrogens (tertiary/aromatic N) is 1. The highest BCUT2D eigenvalue weighted by molar-refractivity contribution is 6.49. The topological polar surface area (TPSA) is 42.2 Å². The Morgan fingerprint density at radius 2 is 1.86 bits per heavy atom. The van der Waals surface area contributed by atoms with Crippen molar-refractivity contribution >= 4 is 7.12 Å². The van der Waals surface area contributed by atoms with Gasteiger partial charge in [0.25, 0.3) is 0 Å². The van der Waals surface area contributed by atoms with Crippen molar-refractivity contribution in [3.05, 3.63) is 35.1 Å². The highest BCUT2D eigenvalue weighted by Gasteiger charge is 2.59. The molecule has 2 aliphatic rings. The van der Waals surface area contributed by atoms with Gasteiger partial charge in [0.1, 0.15) is 11.9 Å². The first-order valence-electron chi connectivity index (χ1n) is 7.30. The molecule has 0 bridgehead atoms. The van der Waals surface area contributed by atoms with Crippen LogP contribution in [0.1, 0.15) is 51.2 Å². The van der Waals surface area contributed by atoms with Crippen LogP contribution in [0, 0.1) is 17.1 Å². The van der Waals surface area contributed by atoms with Crippen LogP contribution < -0.4 is 0 Å². The predicted octanol–water partition coefficient (Wildman–Crippen LogP) is 3.65. The zero-order valence-electron chi connectivity index (χ0n) is 12.8. The first-order chi connectivity index (χ1) is 9.75. The van der Waals surface area contributed by atoms with Crippen molar-refractivity contribution in [2.75, 3.05) is 0 Å². The highest BCUT2D eigenvalue weighted by atomic mass is 19.1. The maximum Gasteiger partial charge on any atom is 0.461 e. The van der Waals surface area contributed by atoms with E-state index in [1.165, 1.54) is 6.07 Å². The standard InChI is InChI=1S/C16H19BFNO2/c1-15(2)16(3,4)21-17(20-15)13-8-12(13)10-5-6-14(18)11(7-10)9-19/h5-7,12-13H,8H2,1-4H3/t12-,13+/m1/s1. The third kappa shape index (κ3) is 2.37. The van der Waals surface area contributed by atoms with Gasteiger partial charge >= 0.3 is 7.12 Å². The summed E-state index contributed by atoms with van der Waals surface area (Å²) < 4.78 is 25.5. The number of hydrogen-bond acceptors (Lipinski definition) is 3. The molecule has 0 aromatic heterocycles. The highest BCUT2D eigenvalue weighted by Crippen LogP contribution is 2.58. The fraction of sp³-hybridized carbons (Fsp3) is 0.562. The molecule has 2 atom stereocenters. The maximum atomic E-state index is 13.4. The summed E-state index contributed by atoms with van der Waals surface area (Å²) in [7, 11) is -0.226. The lowest BCUT2D eigenvalue weighted by Crippen LogP contribution is -2.41. The Kier molecular flexibility index (Phi) is 3.16. The molecular formula is C16H19BFNO2. The molecule has 2 fully saturated rings. The van der Waals surface area contributed by atoms with Crippen LogP contribution in [0.3, 0.4) is 0 Å². The van der Waals surface area contributed by atoms with Crippen molar-refractivity contribution in [3.8, 4) is 6.07 Å². The van der Waals surface area contributed by atoms with E-state index in [4.69, 9.17) is 14.6 Å². The van der Waals surface area contributed by atoms with Gasteiger partial charge in [0.2, 0.25) is 0 Å². The molecular weight excluding hydrogens is 268 g/mol. The van der Waals surface area contributed by atoms with E-state index in [1.807, 2.05) is 33.8 Å². The minimum atomic E-state index is -0.464. The Bertz CT molecular complexity index is 607. The molecule has 1 saturated heterocycles. The number of nitriles is 1. The first-order valence-corrected chi connectivity index (χ1v) is 7.30. The Morgan fingerprint density at radius 1 is 1.24 bits per heavy atom. The molecule has 3 rings (SSSR count). The lowest BCUT2D eigenvalue weighted by molar-refractivity contribution is 0.00578. The minimum Gasteiger partial charge on any atom is -0.403 e. The second-order valence-corrected chi connectivity index (χ2v) is 6.98. The largest absolute Gasteiger partial charge is 0.461 e. The van der Waals surface area contributed by atoms with Gasteiger partial charge in [0, 0.05) is 5.82 Å². The van der Waals surface area contributed by atoms with Gasteiger partial charge in [-0.3, -0.25) is 0 Å². The van der Waals surface area contributed by atoms with E-state index in [1.54, 1.807) is 12.1 Å². The average Bonchev–Trinajstić information content (AvgIpc) is 3.14. The summed E-state index contributed by atoms with van der Waals surface area (Å²) in [6, 6.07) is 6.66. The van der Waals surface area contributed by atoms with Gasteiger partial charge in [-0.1, -0.05) is 6.07 Å². The van der Waals surface area contributed by atoms with E-state index in [9.17, 15) is 4.39 Å². The molecule has 1 aromatic carbocycles. The quantitative estimate of drug-likeness (QED) is 0.780. The summed E-state index contributed by atoms with van der Waals surface area (Å²) in [5.74, 6) is 0.101. The zero-order valence-corrected chi connectivity index (χ0v) is 12.8. The van der Waals surface area contributed by atoms with Crippen molar-refractivity contribution in [2.24, 2.45) is 0 Å². The SMILES string of the molecule is CC1(C)OB([C@H]2C[C@@H]2c2ccc(F)c(C#N)c2)OC1(C)C. The molecule has 1 aliphatic carbocycles. The van der Waals surface area contributed by atoms with Crippen molar-refractivity contribution in [1.82, 2.24) is 0 Å². The van der Waals surface area contributed by atoms with E-state index in [0.717, 1.165) is 12.0 Å². The number of benzene rings is 1. The number of rotatable bonds is 2. The monoisotopic (exact) mass is 287 g/mol. The van der Waals surface area contributed by atoms with Gasteiger partial charge in [-0.15, -0.1) is 0 Å². The summed E-state index contributed by atoms with van der Waals surface area (Å²) in [4.78, 5) is 0. The Morgan fingerprint density at radius 3 is 2.43 bits per heavy atom. The van der Waals surface area contributed by atoms with Crippen molar-refractivity contribution in [3.63, 3.8) is 0 Å². The molecule has 1 heterocycles. The molecule has 110 valence electrons. The van der Waals surface area contributed by atoms with Crippen LogP contribution in [-0.2, 0) is 9.31 Å². The molecule has 0 amide bonds. The van der Waals surface area contributed by atoms with Crippen molar-refractivity contribution in [2.45, 2.75) is 57.1 Å². The van der Waals surface area contributed by atoms with Crippen molar-refractivity contribution in [1.29, 1.82) is 5.26 Å². The second-order valence-electron chi connectivity index (χ2n) is 6.98. The van der Waals surface area contributed by atoms with E-state index in [-0.39, 0.29) is 35.6 Å². The van der Waals surface area contributed by atoms with Crippen LogP contribution in [0.5, 0.6) is 0 Å². The van der Waals surface area contributed by atoms with E-state index < -0.39 is 5.82 Å². The van der Waals surface area contributed by atoms with Gasteiger partial charge < -0.3 is 9.31 Å². The molecule has 21 heavy (non-hydrogen) atoms. The summed E-state index contributed by atoms with van der Waals surface area (Å²) in [5.41, 5.74) is 0.441. The smallest absolute Gasteiger partial charge is 0.403 e. The number of hydrogen-bond donors (Lipinski definition) is 0. The fourth-order valence-electron chi connectivity index (χ4n) is 2.82. The normalized spacial score (nSPS) is 29.2. The lowest BCUT2D eigenvalue weighted by Gasteiger charge is -2.32. The summed E-state index contributed by atoms with van der Waals surface area (Å²) >= 11 is 0. The van der Waals surface area contributed by atoms with Gasteiger partial charge in [0.15, 0.2) is 0 Å². The molecule has 1 aliphatic heterocycles. The molecule has 5 heteroatoms. The zero-order chi connectivity index (χ0) is 15.4. The molecule has 0 spiro atoms. The van der Waals surface area contributed by atoms with E-state index in [2.05, 4.69) is 0 Å². The maximum absolute atomic E-state index is 13.4. The van der Waals surface area contributed by atoms with Crippen LogP contribution in [0.4, 0.5) is 4.39 Å². The average molecular weight is 287 g/mol. The molecule has 3 nitrogen and oxygen atoms in total. The molecule has 1 aromatic rings. The van der Waals surface area contributed by atoms with Gasteiger partial charge in [-0.25, -0.2) is 4.39 Å². The first kappa shape index (κ1) is 14.6. The Balaban J connectivity index is 1.75. The molecule has 0 N–H and O–H groups in total. The van der Waals surface area contributed by atoms with Crippen LogP contribution in [0.25, 0.3) is 0 Å². The van der Waals surface area contributed by atoms with Crippen LogP contribution in [0.2, 0.25) is 5.82 Å². The number of halogens is 1. The van der Waals surface area contributed by atoms with Gasteiger partial charge in [-0.2, -0.15) is 5.26 Å². The molecule has 1 saturated carbocycles. The molecule has 0 unspecified atom stereocenters.